The number of aryl methyl sites for hydroxylation is 1. The topological polar surface area (TPSA) is 26.0 Å². The number of aromatic nitrogens is 1. The quantitative estimate of drug-likeness (QED) is 0.531. The minimum atomic E-state index is 0.853. The van der Waals surface area contributed by atoms with Gasteiger partial charge in [-0.15, -0.1) is 0 Å². The van der Waals surface area contributed by atoms with Crippen molar-refractivity contribution in [2.75, 3.05) is 0 Å². The summed E-state index contributed by atoms with van der Waals surface area (Å²) in [5.41, 5.74) is 3.25. The Morgan fingerprint density at radius 1 is 1.14 bits per heavy atom. The lowest BCUT2D eigenvalue weighted by molar-refractivity contribution is 0.579. The van der Waals surface area contributed by atoms with Crippen LogP contribution >= 0.6 is 15.9 Å². The Morgan fingerprint density at radius 3 is 2.81 bits per heavy atom. The van der Waals surface area contributed by atoms with Crippen molar-refractivity contribution in [2.24, 2.45) is 0 Å². The van der Waals surface area contributed by atoms with Gasteiger partial charge >= 0.3 is 0 Å². The minimum Gasteiger partial charge on any atom is -0.463 e. The highest BCUT2D eigenvalue weighted by atomic mass is 79.9. The number of furan rings is 1. The Bertz CT molecular complexity index is 734. The molecule has 0 N–H and O–H groups in total. The van der Waals surface area contributed by atoms with Crippen LogP contribution in [0.3, 0.4) is 0 Å². The molecule has 3 aromatic rings. The molecule has 0 aliphatic carbocycles. The lowest BCUT2D eigenvalue weighted by atomic mass is 10.0. The number of hydrogen-bond acceptors (Lipinski definition) is 2. The fourth-order valence-corrected chi connectivity index (χ4v) is 2.95. The molecule has 3 rings (SSSR count). The first-order valence-corrected chi connectivity index (χ1v) is 8.20. The van der Waals surface area contributed by atoms with Crippen molar-refractivity contribution in [3.05, 3.63) is 52.7 Å². The first-order valence-electron chi connectivity index (χ1n) is 7.41. The molecule has 0 saturated carbocycles. The van der Waals surface area contributed by atoms with Gasteiger partial charge in [0.1, 0.15) is 5.69 Å². The molecule has 2 heterocycles. The average molecular weight is 344 g/mol. The molecule has 0 unspecified atom stereocenters. The van der Waals surface area contributed by atoms with Crippen LogP contribution in [0.15, 0.2) is 51.6 Å². The Morgan fingerprint density at radius 2 is 2.05 bits per heavy atom. The van der Waals surface area contributed by atoms with Crippen molar-refractivity contribution in [2.45, 2.75) is 32.6 Å². The van der Waals surface area contributed by atoms with Gasteiger partial charge in [-0.1, -0.05) is 35.7 Å². The SMILES string of the molecule is CCCCCc1cc2cc(Br)ccc2nc1-c1ccco1. The largest absolute Gasteiger partial charge is 0.463 e. The summed E-state index contributed by atoms with van der Waals surface area (Å²) in [7, 11) is 0. The molecule has 0 amide bonds. The second kappa shape index (κ2) is 6.44. The van der Waals surface area contributed by atoms with E-state index in [1.165, 1.54) is 30.2 Å². The standard InChI is InChI=1S/C18H18BrNO/c1-2-3-4-6-13-11-14-12-15(19)8-9-16(14)20-18(13)17-7-5-10-21-17/h5,7-12H,2-4,6H2,1H3. The van der Waals surface area contributed by atoms with Crippen LogP contribution in [-0.2, 0) is 6.42 Å². The molecular formula is C18H18BrNO. The van der Waals surface area contributed by atoms with E-state index in [1.54, 1.807) is 6.26 Å². The highest BCUT2D eigenvalue weighted by molar-refractivity contribution is 9.10. The molecule has 108 valence electrons. The summed E-state index contributed by atoms with van der Waals surface area (Å²) < 4.78 is 6.65. The predicted octanol–water partition coefficient (Wildman–Crippen LogP) is 5.99. The summed E-state index contributed by atoms with van der Waals surface area (Å²) in [5.74, 6) is 0.853. The third-order valence-corrected chi connectivity index (χ3v) is 4.15. The zero-order valence-electron chi connectivity index (χ0n) is 12.1. The number of benzene rings is 1. The van der Waals surface area contributed by atoms with E-state index < -0.39 is 0 Å². The molecule has 0 aliphatic heterocycles. The predicted molar refractivity (Wildman–Crippen MR) is 90.4 cm³/mol. The molecule has 0 atom stereocenters. The fourth-order valence-electron chi connectivity index (χ4n) is 2.57. The average Bonchev–Trinajstić information content (AvgIpc) is 3.01. The second-order valence-electron chi connectivity index (χ2n) is 5.27. The van der Waals surface area contributed by atoms with Crippen molar-refractivity contribution in [3.8, 4) is 11.5 Å². The van der Waals surface area contributed by atoms with Gasteiger partial charge in [0.2, 0.25) is 0 Å². The lowest BCUT2D eigenvalue weighted by Crippen LogP contribution is -1.95. The van der Waals surface area contributed by atoms with E-state index in [4.69, 9.17) is 9.40 Å². The van der Waals surface area contributed by atoms with E-state index in [-0.39, 0.29) is 0 Å². The molecule has 0 spiro atoms. The number of unbranched alkanes of at least 4 members (excludes halogenated alkanes) is 2. The molecule has 2 nitrogen and oxygen atoms in total. The van der Waals surface area contributed by atoms with Gasteiger partial charge in [0.15, 0.2) is 5.76 Å². The van der Waals surface area contributed by atoms with Gasteiger partial charge in [-0.3, -0.25) is 0 Å². The van der Waals surface area contributed by atoms with Gasteiger partial charge in [-0.05, 0) is 54.8 Å². The van der Waals surface area contributed by atoms with E-state index in [0.717, 1.165) is 27.9 Å². The van der Waals surface area contributed by atoms with Crippen molar-refractivity contribution < 1.29 is 4.42 Å². The summed E-state index contributed by atoms with van der Waals surface area (Å²) in [6.45, 7) is 2.23. The van der Waals surface area contributed by atoms with Crippen LogP contribution in [-0.4, -0.2) is 4.98 Å². The fraction of sp³-hybridized carbons (Fsp3) is 0.278. The molecule has 3 heteroatoms. The molecule has 21 heavy (non-hydrogen) atoms. The Kier molecular flexibility index (Phi) is 4.39. The van der Waals surface area contributed by atoms with E-state index in [9.17, 15) is 0 Å². The van der Waals surface area contributed by atoms with E-state index in [0.29, 0.717) is 0 Å². The minimum absolute atomic E-state index is 0.853. The molecular weight excluding hydrogens is 326 g/mol. The molecule has 0 aliphatic rings. The van der Waals surface area contributed by atoms with Crippen molar-refractivity contribution in [3.63, 3.8) is 0 Å². The molecule has 0 saturated heterocycles. The van der Waals surface area contributed by atoms with Crippen LogP contribution in [0.5, 0.6) is 0 Å². The van der Waals surface area contributed by atoms with Crippen LogP contribution in [0.2, 0.25) is 0 Å². The first-order chi connectivity index (χ1) is 10.3. The maximum absolute atomic E-state index is 5.57. The Labute approximate surface area is 133 Å². The Balaban J connectivity index is 2.08. The summed E-state index contributed by atoms with van der Waals surface area (Å²) in [6, 6.07) is 12.3. The van der Waals surface area contributed by atoms with Gasteiger partial charge in [0.25, 0.3) is 0 Å². The third-order valence-electron chi connectivity index (χ3n) is 3.66. The number of pyridine rings is 1. The van der Waals surface area contributed by atoms with Gasteiger partial charge in [-0.2, -0.15) is 0 Å². The maximum atomic E-state index is 5.57. The second-order valence-corrected chi connectivity index (χ2v) is 6.18. The Hall–Kier alpha value is -1.61. The van der Waals surface area contributed by atoms with Gasteiger partial charge in [0, 0.05) is 9.86 Å². The number of halogens is 1. The summed E-state index contributed by atoms with van der Waals surface area (Å²) in [5, 5.41) is 1.17. The smallest absolute Gasteiger partial charge is 0.152 e. The number of rotatable bonds is 5. The van der Waals surface area contributed by atoms with Gasteiger partial charge in [0.05, 0.1) is 11.8 Å². The van der Waals surface area contributed by atoms with Gasteiger partial charge in [-0.25, -0.2) is 4.98 Å². The van der Waals surface area contributed by atoms with E-state index >= 15 is 0 Å². The lowest BCUT2D eigenvalue weighted by Gasteiger charge is -2.09. The normalized spacial score (nSPS) is 11.1. The highest BCUT2D eigenvalue weighted by Gasteiger charge is 2.11. The maximum Gasteiger partial charge on any atom is 0.152 e. The van der Waals surface area contributed by atoms with Crippen LogP contribution in [0.1, 0.15) is 31.7 Å². The zero-order chi connectivity index (χ0) is 14.7. The summed E-state index contributed by atoms with van der Waals surface area (Å²) in [4.78, 5) is 4.82. The highest BCUT2D eigenvalue weighted by Crippen LogP contribution is 2.28. The first kappa shape index (κ1) is 14.3. The molecule has 0 bridgehead atoms. The molecule has 0 fully saturated rings. The monoisotopic (exact) mass is 343 g/mol. The van der Waals surface area contributed by atoms with Crippen LogP contribution in [0.25, 0.3) is 22.4 Å². The summed E-state index contributed by atoms with van der Waals surface area (Å²) in [6.07, 6.45) is 6.40. The van der Waals surface area contributed by atoms with Crippen LogP contribution < -0.4 is 0 Å². The molecule has 0 radical (unpaired) electrons. The van der Waals surface area contributed by atoms with Crippen molar-refractivity contribution >= 4 is 26.8 Å². The summed E-state index contributed by atoms with van der Waals surface area (Å²) >= 11 is 3.53. The molecule has 2 aromatic heterocycles. The van der Waals surface area contributed by atoms with E-state index in [2.05, 4.69) is 35.0 Å². The number of fused-ring (bicyclic) bond motifs is 1. The van der Waals surface area contributed by atoms with E-state index in [1.807, 2.05) is 24.3 Å². The van der Waals surface area contributed by atoms with Crippen LogP contribution in [0.4, 0.5) is 0 Å². The number of hydrogen-bond donors (Lipinski definition) is 0. The molecule has 1 aromatic carbocycles. The van der Waals surface area contributed by atoms with Crippen LogP contribution in [0, 0.1) is 0 Å². The van der Waals surface area contributed by atoms with Crippen molar-refractivity contribution in [1.29, 1.82) is 0 Å². The third kappa shape index (κ3) is 3.18. The zero-order valence-corrected chi connectivity index (χ0v) is 13.7. The van der Waals surface area contributed by atoms with Crippen molar-refractivity contribution in [1.82, 2.24) is 4.98 Å². The van der Waals surface area contributed by atoms with Gasteiger partial charge < -0.3 is 4.42 Å². The number of nitrogens with zero attached hydrogens (tertiary/aromatic N) is 1.